The van der Waals surface area contributed by atoms with Crippen molar-refractivity contribution in [1.29, 1.82) is 0 Å². The molecule has 1 N–H and O–H groups in total. The molecule has 0 rings (SSSR count). The summed E-state index contributed by atoms with van der Waals surface area (Å²) in [6.45, 7) is 6.57. The standard InChI is InChI=1S/C20H42.C5H10O2/c1-3-5-7-9-11-13-15-17-19-20-18-16-14-12-10-8-6-4-2;1-2-3-4-5(6)7/h3-20H2,1-2H3;2-4H2,1H3,(H,6,7). The van der Waals surface area contributed by atoms with E-state index in [9.17, 15) is 4.79 Å². The molecule has 0 saturated heterocycles. The Morgan fingerprint density at radius 3 is 0.815 bits per heavy atom. The van der Waals surface area contributed by atoms with Gasteiger partial charge in [-0.05, 0) is 6.42 Å². The Morgan fingerprint density at radius 2 is 0.667 bits per heavy atom. The van der Waals surface area contributed by atoms with Crippen molar-refractivity contribution < 1.29 is 9.90 Å². The Bertz CT molecular complexity index is 245. The van der Waals surface area contributed by atoms with Gasteiger partial charge < -0.3 is 5.11 Å². The molecule has 0 amide bonds. The van der Waals surface area contributed by atoms with Crippen molar-refractivity contribution >= 4 is 5.97 Å². The number of hydrogen-bond acceptors (Lipinski definition) is 1. The molecule has 0 aromatic heterocycles. The summed E-state index contributed by atoms with van der Waals surface area (Å²) in [5.41, 5.74) is 0. The maximum atomic E-state index is 9.76. The van der Waals surface area contributed by atoms with Crippen LogP contribution in [-0.2, 0) is 4.79 Å². The lowest BCUT2D eigenvalue weighted by Crippen LogP contribution is -1.91. The van der Waals surface area contributed by atoms with Crippen molar-refractivity contribution in [2.75, 3.05) is 0 Å². The third-order valence-electron chi connectivity index (χ3n) is 5.20. The molecule has 0 radical (unpaired) electrons. The zero-order chi connectivity index (χ0) is 20.4. The molecule has 0 unspecified atom stereocenters. The summed E-state index contributed by atoms with van der Waals surface area (Å²) in [5, 5.41) is 8.04. The molecule has 0 atom stereocenters. The van der Waals surface area contributed by atoms with Gasteiger partial charge in [-0.1, -0.05) is 143 Å². The Morgan fingerprint density at radius 1 is 0.444 bits per heavy atom. The highest BCUT2D eigenvalue weighted by molar-refractivity contribution is 5.66. The van der Waals surface area contributed by atoms with Gasteiger partial charge in [0.05, 0.1) is 0 Å². The van der Waals surface area contributed by atoms with Crippen molar-refractivity contribution in [2.24, 2.45) is 0 Å². The largest absolute Gasteiger partial charge is 0.481 e. The van der Waals surface area contributed by atoms with Crippen molar-refractivity contribution in [2.45, 2.75) is 156 Å². The molecule has 0 aliphatic heterocycles. The van der Waals surface area contributed by atoms with Crippen LogP contribution in [-0.4, -0.2) is 11.1 Å². The lowest BCUT2D eigenvalue weighted by molar-refractivity contribution is -0.137. The van der Waals surface area contributed by atoms with Crippen LogP contribution in [0.3, 0.4) is 0 Å². The van der Waals surface area contributed by atoms with E-state index in [1.807, 2.05) is 6.92 Å². The molecule has 2 nitrogen and oxygen atoms in total. The van der Waals surface area contributed by atoms with E-state index in [4.69, 9.17) is 5.11 Å². The predicted molar refractivity (Wildman–Crippen MR) is 122 cm³/mol. The normalized spacial score (nSPS) is 10.5. The third-order valence-corrected chi connectivity index (χ3v) is 5.20. The van der Waals surface area contributed by atoms with E-state index in [1.54, 1.807) is 0 Å². The summed E-state index contributed by atoms with van der Waals surface area (Å²) in [4.78, 5) is 9.76. The number of rotatable bonds is 20. The molecule has 0 aromatic carbocycles. The molecular formula is C25H52O2. The summed E-state index contributed by atoms with van der Waals surface area (Å²) < 4.78 is 0. The monoisotopic (exact) mass is 384 g/mol. The SMILES string of the molecule is CCCCC(=O)O.CCCCCCCCCCCCCCCCCCCC. The highest BCUT2D eigenvalue weighted by Crippen LogP contribution is 2.14. The van der Waals surface area contributed by atoms with Gasteiger partial charge in [0.25, 0.3) is 0 Å². The Hall–Kier alpha value is -0.530. The maximum absolute atomic E-state index is 9.76. The molecule has 164 valence electrons. The quantitative estimate of drug-likeness (QED) is 0.212. The lowest BCUT2D eigenvalue weighted by atomic mass is 10.0. The van der Waals surface area contributed by atoms with Gasteiger partial charge in [-0.2, -0.15) is 0 Å². The first kappa shape index (κ1) is 28.7. The van der Waals surface area contributed by atoms with Crippen LogP contribution in [0.4, 0.5) is 0 Å². The molecule has 0 spiro atoms. The lowest BCUT2D eigenvalue weighted by Gasteiger charge is -2.03. The number of hydrogen-bond donors (Lipinski definition) is 1. The highest BCUT2D eigenvalue weighted by Gasteiger charge is 1.94. The summed E-state index contributed by atoms with van der Waals surface area (Å²) in [5.74, 6) is -0.693. The van der Waals surface area contributed by atoms with Gasteiger partial charge in [0.1, 0.15) is 0 Å². The molecule has 0 heterocycles. The van der Waals surface area contributed by atoms with Crippen LogP contribution in [0.15, 0.2) is 0 Å². The summed E-state index contributed by atoms with van der Waals surface area (Å²) in [7, 11) is 0. The second-order valence-corrected chi connectivity index (χ2v) is 8.15. The van der Waals surface area contributed by atoms with E-state index in [0.717, 1.165) is 12.8 Å². The third kappa shape index (κ3) is 33.5. The second kappa shape index (κ2) is 27.7. The summed E-state index contributed by atoms with van der Waals surface area (Å²) in [6.07, 6.45) is 28.5. The van der Waals surface area contributed by atoms with E-state index < -0.39 is 5.97 Å². The number of unbranched alkanes of at least 4 members (excludes halogenated alkanes) is 18. The van der Waals surface area contributed by atoms with Crippen LogP contribution < -0.4 is 0 Å². The van der Waals surface area contributed by atoms with Crippen molar-refractivity contribution in [3.8, 4) is 0 Å². The Labute approximate surface area is 171 Å². The Kier molecular flexibility index (Phi) is 29.4. The van der Waals surface area contributed by atoms with E-state index in [0.29, 0.717) is 6.42 Å². The van der Waals surface area contributed by atoms with E-state index in [1.165, 1.54) is 116 Å². The molecule has 0 fully saturated rings. The minimum Gasteiger partial charge on any atom is -0.481 e. The average Bonchev–Trinajstić information content (AvgIpc) is 2.66. The van der Waals surface area contributed by atoms with Gasteiger partial charge in [-0.15, -0.1) is 0 Å². The summed E-state index contributed by atoms with van der Waals surface area (Å²) >= 11 is 0. The van der Waals surface area contributed by atoms with Crippen molar-refractivity contribution in [1.82, 2.24) is 0 Å². The van der Waals surface area contributed by atoms with Gasteiger partial charge in [-0.3, -0.25) is 4.79 Å². The number of carboxylic acids is 1. The fourth-order valence-electron chi connectivity index (χ4n) is 3.30. The van der Waals surface area contributed by atoms with Gasteiger partial charge >= 0.3 is 5.97 Å². The number of carboxylic acid groups (broad SMARTS) is 1. The molecule has 27 heavy (non-hydrogen) atoms. The second-order valence-electron chi connectivity index (χ2n) is 8.15. The van der Waals surface area contributed by atoms with Crippen LogP contribution in [0.2, 0.25) is 0 Å². The maximum Gasteiger partial charge on any atom is 0.303 e. The van der Waals surface area contributed by atoms with Gasteiger partial charge in [0, 0.05) is 6.42 Å². The first-order valence-electron chi connectivity index (χ1n) is 12.4. The fraction of sp³-hybridized carbons (Fsp3) is 0.960. The minimum absolute atomic E-state index is 0.316. The van der Waals surface area contributed by atoms with E-state index >= 15 is 0 Å². The van der Waals surface area contributed by atoms with Gasteiger partial charge in [-0.25, -0.2) is 0 Å². The average molecular weight is 385 g/mol. The molecule has 0 bridgehead atoms. The van der Waals surface area contributed by atoms with Gasteiger partial charge in [0.15, 0.2) is 0 Å². The molecule has 0 aliphatic carbocycles. The van der Waals surface area contributed by atoms with Crippen LogP contribution in [0.25, 0.3) is 0 Å². The zero-order valence-electron chi connectivity index (χ0n) is 19.2. The summed E-state index contributed by atoms with van der Waals surface area (Å²) in [6, 6.07) is 0. The fourth-order valence-corrected chi connectivity index (χ4v) is 3.30. The molecular weight excluding hydrogens is 332 g/mol. The highest BCUT2D eigenvalue weighted by atomic mass is 16.4. The topological polar surface area (TPSA) is 37.3 Å². The van der Waals surface area contributed by atoms with Crippen LogP contribution in [0.1, 0.15) is 156 Å². The smallest absolute Gasteiger partial charge is 0.303 e. The molecule has 0 aromatic rings. The number of aliphatic carboxylic acids is 1. The molecule has 2 heteroatoms. The Balaban J connectivity index is 0. The van der Waals surface area contributed by atoms with Crippen LogP contribution in [0, 0.1) is 0 Å². The molecule has 0 aliphatic rings. The van der Waals surface area contributed by atoms with Crippen molar-refractivity contribution in [3.63, 3.8) is 0 Å². The molecule has 0 saturated carbocycles. The van der Waals surface area contributed by atoms with Crippen molar-refractivity contribution in [3.05, 3.63) is 0 Å². The first-order valence-corrected chi connectivity index (χ1v) is 12.4. The van der Waals surface area contributed by atoms with E-state index in [2.05, 4.69) is 13.8 Å². The minimum atomic E-state index is -0.693. The van der Waals surface area contributed by atoms with Crippen LogP contribution in [0.5, 0.6) is 0 Å². The van der Waals surface area contributed by atoms with E-state index in [-0.39, 0.29) is 0 Å². The van der Waals surface area contributed by atoms with Gasteiger partial charge in [0.2, 0.25) is 0 Å². The first-order chi connectivity index (χ1) is 13.2. The predicted octanol–water partition coefficient (Wildman–Crippen LogP) is 9.31. The number of carbonyl (C=O) groups is 1. The van der Waals surface area contributed by atoms with Crippen LogP contribution >= 0.6 is 0 Å². The zero-order valence-corrected chi connectivity index (χ0v) is 19.2.